The van der Waals surface area contributed by atoms with Crippen LogP contribution < -0.4 is 4.68 Å². The summed E-state index contributed by atoms with van der Waals surface area (Å²) in [5.41, 5.74) is 1.19. The number of nitrogens with zero attached hydrogens (tertiary/aromatic N) is 3. The molecule has 0 spiro atoms. The molecular weight excluding hydrogens is 785 g/mol. The molecule has 0 unspecified atom stereocenters. The van der Waals surface area contributed by atoms with E-state index < -0.39 is 9.14 Å². The molecule has 3 aromatic rings. The molecule has 1 heterocycles. The molecular formula is C15H8Cl12N3OSb. The first-order valence-electron chi connectivity index (χ1n) is 7.74. The van der Waals surface area contributed by atoms with Gasteiger partial charge in [0.2, 0.25) is 0 Å². The van der Waals surface area contributed by atoms with Gasteiger partial charge in [0, 0.05) is 10.0 Å². The molecule has 1 N–H and O–H groups in total. The second kappa shape index (κ2) is 10.3. The normalized spacial score (nSPS) is 13.8. The van der Waals surface area contributed by atoms with Crippen molar-refractivity contribution in [1.29, 1.82) is 0 Å². The number of halogens is 12. The zero-order valence-corrected chi connectivity index (χ0v) is 26.5. The monoisotopic (exact) mass is 787 g/mol. The van der Waals surface area contributed by atoms with Crippen LogP contribution in [0, 0.1) is 0 Å². The van der Waals surface area contributed by atoms with E-state index in [1.807, 2.05) is 0 Å². The Balaban J connectivity index is 0.000000451. The Kier molecular flexibility index (Phi) is 9.68. The SMILES string of the molecule is OCc1c[n+](-c2c(Cl)cc(Cl)cc2Cl)nn1-c1c(Cl)cc(Cl)cc1Cl.[Cl][Sb-]([Cl])([Cl])([Cl])([Cl])[Cl]. The summed E-state index contributed by atoms with van der Waals surface area (Å²) < 4.78 is 2.80. The third-order valence-electron chi connectivity index (χ3n) is 3.30. The number of hydrogen-bond acceptors (Lipinski definition) is 2. The number of aromatic nitrogens is 3. The molecule has 0 radical (unpaired) electrons. The Morgan fingerprint density at radius 2 is 1.12 bits per heavy atom. The standard InChI is InChI=1S/C15H8Cl6N3O.6ClH.Sb/c16-7-1-10(18)14(11(19)2-7)23-5-9(6-25)24(22-23)15-12(20)3-8(17)4-13(15)21;;;;;;;/h1-5,25H,6H2;6*1H;/q+1;;;;;;;+5/p-6. The molecule has 0 atom stereocenters. The van der Waals surface area contributed by atoms with Crippen LogP contribution in [0.25, 0.3) is 11.4 Å². The molecule has 0 fully saturated rings. The molecule has 178 valence electrons. The van der Waals surface area contributed by atoms with Gasteiger partial charge < -0.3 is 5.11 Å². The summed E-state index contributed by atoms with van der Waals surface area (Å²) in [5, 5.41) is 16.0. The second-order valence-corrected chi connectivity index (χ2v) is 65.3. The number of aliphatic hydroxyl groups excluding tert-OH is 1. The number of aliphatic hydroxyl groups is 1. The Bertz CT molecular complexity index is 1120. The molecule has 0 saturated heterocycles. The van der Waals surface area contributed by atoms with E-state index >= 15 is 0 Å². The molecule has 0 aliphatic carbocycles. The molecule has 4 nitrogen and oxygen atoms in total. The zero-order valence-electron chi connectivity index (χ0n) is 14.9. The van der Waals surface area contributed by atoms with Gasteiger partial charge in [-0.2, -0.15) is 0 Å². The summed E-state index contributed by atoms with van der Waals surface area (Å²) in [4.78, 5) is 0. The van der Waals surface area contributed by atoms with Gasteiger partial charge in [0.05, 0.1) is 20.1 Å². The van der Waals surface area contributed by atoms with Crippen molar-refractivity contribution in [2.45, 2.75) is 6.61 Å². The molecule has 0 aliphatic heterocycles. The predicted octanol–water partition coefficient (Wildman–Crippen LogP) is 9.32. The minimum atomic E-state index is -5.42. The molecule has 0 amide bonds. The van der Waals surface area contributed by atoms with Crippen LogP contribution in [-0.4, -0.2) is 24.1 Å². The van der Waals surface area contributed by atoms with Crippen LogP contribution in [0.2, 0.25) is 30.1 Å². The zero-order chi connectivity index (χ0) is 24.7. The van der Waals surface area contributed by atoms with Crippen LogP contribution in [0.3, 0.4) is 0 Å². The van der Waals surface area contributed by atoms with E-state index in [1.54, 1.807) is 6.20 Å². The van der Waals surface area contributed by atoms with Gasteiger partial charge in [-0.05, 0) is 24.3 Å². The second-order valence-electron chi connectivity index (χ2n) is 5.92. The Morgan fingerprint density at radius 1 is 0.750 bits per heavy atom. The first kappa shape index (κ1) is 30.1. The van der Waals surface area contributed by atoms with Crippen molar-refractivity contribution in [3.8, 4) is 11.4 Å². The van der Waals surface area contributed by atoms with Crippen molar-refractivity contribution in [2.24, 2.45) is 0 Å². The van der Waals surface area contributed by atoms with Crippen LogP contribution in [0.1, 0.15) is 5.69 Å². The van der Waals surface area contributed by atoms with E-state index in [-0.39, 0.29) is 16.7 Å². The van der Waals surface area contributed by atoms with Crippen molar-refractivity contribution >= 4 is 132 Å². The van der Waals surface area contributed by atoms with Gasteiger partial charge in [-0.1, -0.05) is 79.0 Å². The van der Waals surface area contributed by atoms with E-state index in [0.29, 0.717) is 37.2 Å². The molecule has 32 heavy (non-hydrogen) atoms. The molecule has 0 aliphatic rings. The average molecular weight is 793 g/mol. The van der Waals surface area contributed by atoms with Crippen molar-refractivity contribution in [1.82, 2.24) is 9.90 Å². The Hall–Kier alpha value is 1.84. The summed E-state index contributed by atoms with van der Waals surface area (Å²) in [5.74, 6) is 0. The van der Waals surface area contributed by atoms with Crippen molar-refractivity contribution in [3.05, 3.63) is 66.3 Å². The van der Waals surface area contributed by atoms with Crippen LogP contribution in [0.4, 0.5) is 0 Å². The fraction of sp³-hybridized carbons (Fsp3) is 0.0667. The van der Waals surface area contributed by atoms with Crippen LogP contribution >= 0.6 is 123 Å². The van der Waals surface area contributed by atoms with Crippen molar-refractivity contribution < 1.29 is 9.79 Å². The van der Waals surface area contributed by atoms with Gasteiger partial charge in [0.1, 0.15) is 11.8 Å². The van der Waals surface area contributed by atoms with E-state index in [2.05, 4.69) is 5.21 Å². The molecule has 17 heteroatoms. The third-order valence-corrected chi connectivity index (χ3v) is 4.88. The molecule has 3 rings (SSSR count). The quantitative estimate of drug-likeness (QED) is 0.212. The average Bonchev–Trinajstić information content (AvgIpc) is 2.93. The predicted molar refractivity (Wildman–Crippen MR) is 142 cm³/mol. The fourth-order valence-corrected chi connectivity index (χ4v) is 4.24. The minimum absolute atomic E-state index is 0.274. The van der Waals surface area contributed by atoms with Crippen LogP contribution in [0.15, 0.2) is 30.5 Å². The van der Waals surface area contributed by atoms with E-state index in [9.17, 15) is 5.11 Å². The van der Waals surface area contributed by atoms with Gasteiger partial charge in [0.15, 0.2) is 23.3 Å². The first-order chi connectivity index (χ1) is 14.3. The third kappa shape index (κ3) is 9.71. The number of benzene rings is 2. The number of rotatable bonds is 3. The van der Waals surface area contributed by atoms with Crippen LogP contribution in [-0.2, 0) is 6.61 Å². The number of hydrogen-bond donors (Lipinski definition) is 1. The van der Waals surface area contributed by atoms with E-state index in [4.69, 9.17) is 123 Å². The van der Waals surface area contributed by atoms with Crippen molar-refractivity contribution in [3.63, 3.8) is 0 Å². The Labute approximate surface area is 232 Å². The summed E-state index contributed by atoms with van der Waals surface area (Å²) in [6.45, 7) is -0.321. The molecule has 1 aromatic heterocycles. The molecule has 0 bridgehead atoms. The van der Waals surface area contributed by atoms with Gasteiger partial charge in [-0.3, -0.25) is 0 Å². The summed E-state index contributed by atoms with van der Waals surface area (Å²) in [7, 11) is 25.0. The van der Waals surface area contributed by atoms with Crippen molar-refractivity contribution in [2.75, 3.05) is 0 Å². The van der Waals surface area contributed by atoms with Gasteiger partial charge in [0.25, 0.3) is 0 Å². The maximum absolute atomic E-state index is 9.69. The van der Waals surface area contributed by atoms with E-state index in [0.717, 1.165) is 0 Å². The van der Waals surface area contributed by atoms with E-state index in [1.165, 1.54) is 33.6 Å². The molecule has 2 aromatic carbocycles. The fourth-order valence-electron chi connectivity index (χ4n) is 2.27. The van der Waals surface area contributed by atoms with Gasteiger partial charge in [-0.15, -0.1) is 0 Å². The summed E-state index contributed by atoms with van der Waals surface area (Å²) in [6, 6.07) is 6.13. The van der Waals surface area contributed by atoms with Gasteiger partial charge in [-0.25, -0.2) is 0 Å². The van der Waals surface area contributed by atoms with Gasteiger partial charge >= 0.3 is 62.1 Å². The summed E-state index contributed by atoms with van der Waals surface area (Å²) in [6.07, 6.45) is 1.56. The maximum atomic E-state index is 9.69. The summed E-state index contributed by atoms with van der Waals surface area (Å²) >= 11 is 36.8. The van der Waals surface area contributed by atoms with Crippen LogP contribution in [0.5, 0.6) is 0 Å². The Morgan fingerprint density at radius 3 is 1.50 bits per heavy atom. The topological polar surface area (TPSA) is 41.9 Å². The first-order valence-corrected chi connectivity index (χ1v) is 29.4. The molecule has 0 saturated carbocycles.